The molecule has 0 aliphatic carbocycles. The van der Waals surface area contributed by atoms with Crippen molar-refractivity contribution in [1.29, 1.82) is 0 Å². The first kappa shape index (κ1) is 12.0. The Balaban J connectivity index is 1.62. The SMILES string of the molecule is O=C(NC1CCNCC1)Oc1nc2ccccc2[nH]1. The van der Waals surface area contributed by atoms with Crippen LogP contribution in [0.2, 0.25) is 0 Å². The van der Waals surface area contributed by atoms with Crippen LogP contribution >= 0.6 is 0 Å². The number of amides is 1. The van der Waals surface area contributed by atoms with Gasteiger partial charge in [0.2, 0.25) is 0 Å². The smallest absolute Gasteiger partial charge is 0.375 e. The van der Waals surface area contributed by atoms with Gasteiger partial charge in [0.25, 0.3) is 0 Å². The number of carbonyl (C=O) groups excluding carboxylic acids is 1. The lowest BCUT2D eigenvalue weighted by atomic mass is 10.1. The predicted octanol–water partition coefficient (Wildman–Crippen LogP) is 1.40. The first-order valence-corrected chi connectivity index (χ1v) is 6.45. The van der Waals surface area contributed by atoms with E-state index in [9.17, 15) is 4.79 Å². The summed E-state index contributed by atoms with van der Waals surface area (Å²) in [6.07, 6.45) is 1.40. The maximum atomic E-state index is 11.7. The third kappa shape index (κ3) is 2.85. The van der Waals surface area contributed by atoms with Gasteiger partial charge < -0.3 is 20.4 Å². The number of fused-ring (bicyclic) bond motifs is 1. The first-order chi connectivity index (χ1) is 9.31. The molecule has 0 radical (unpaired) electrons. The molecular weight excluding hydrogens is 244 g/mol. The van der Waals surface area contributed by atoms with Crippen molar-refractivity contribution in [3.63, 3.8) is 0 Å². The minimum absolute atomic E-state index is 0.179. The monoisotopic (exact) mass is 260 g/mol. The van der Waals surface area contributed by atoms with Crippen molar-refractivity contribution in [2.75, 3.05) is 13.1 Å². The van der Waals surface area contributed by atoms with E-state index >= 15 is 0 Å². The molecular formula is C13H16N4O2. The average Bonchev–Trinajstić information content (AvgIpc) is 2.81. The van der Waals surface area contributed by atoms with Gasteiger partial charge >= 0.3 is 12.1 Å². The standard InChI is InChI=1S/C13H16N4O2/c18-13(15-9-5-7-14-8-6-9)19-12-16-10-3-1-2-4-11(10)17-12/h1-4,9,14H,5-8H2,(H,15,18)(H,16,17). The molecule has 0 spiro atoms. The Morgan fingerprint density at radius 2 is 2.11 bits per heavy atom. The van der Waals surface area contributed by atoms with Crippen molar-refractivity contribution in [3.8, 4) is 6.01 Å². The largest absolute Gasteiger partial charge is 0.415 e. The lowest BCUT2D eigenvalue weighted by Gasteiger charge is -2.22. The van der Waals surface area contributed by atoms with Crippen LogP contribution in [0.5, 0.6) is 6.01 Å². The summed E-state index contributed by atoms with van der Waals surface area (Å²) in [6.45, 7) is 1.85. The zero-order valence-corrected chi connectivity index (χ0v) is 10.5. The number of hydrogen-bond acceptors (Lipinski definition) is 4. The van der Waals surface area contributed by atoms with Crippen LogP contribution in [0.15, 0.2) is 24.3 Å². The summed E-state index contributed by atoms with van der Waals surface area (Å²) in [6, 6.07) is 7.95. The molecule has 19 heavy (non-hydrogen) atoms. The summed E-state index contributed by atoms with van der Waals surface area (Å²) in [4.78, 5) is 18.9. The molecule has 3 N–H and O–H groups in total. The third-order valence-corrected chi connectivity index (χ3v) is 3.22. The average molecular weight is 260 g/mol. The number of ether oxygens (including phenoxy) is 1. The highest BCUT2D eigenvalue weighted by atomic mass is 16.6. The highest BCUT2D eigenvalue weighted by molar-refractivity contribution is 5.77. The summed E-state index contributed by atoms with van der Waals surface area (Å²) in [5.74, 6) is 0. The summed E-state index contributed by atoms with van der Waals surface area (Å²) in [5, 5.41) is 6.10. The summed E-state index contributed by atoms with van der Waals surface area (Å²) in [5.41, 5.74) is 1.64. The molecule has 0 bridgehead atoms. The van der Waals surface area contributed by atoms with Gasteiger partial charge in [-0.3, -0.25) is 0 Å². The Hall–Kier alpha value is -2.08. The minimum Gasteiger partial charge on any atom is -0.375 e. The molecule has 1 aromatic heterocycles. The first-order valence-electron chi connectivity index (χ1n) is 6.45. The fourth-order valence-electron chi connectivity index (χ4n) is 2.23. The number of benzene rings is 1. The number of H-pyrrole nitrogens is 1. The minimum atomic E-state index is -0.453. The van der Waals surface area contributed by atoms with Gasteiger partial charge in [-0.15, -0.1) is 0 Å². The van der Waals surface area contributed by atoms with Gasteiger partial charge in [0.05, 0.1) is 11.0 Å². The molecule has 1 aliphatic heterocycles. The fraction of sp³-hybridized carbons (Fsp3) is 0.385. The second-order valence-corrected chi connectivity index (χ2v) is 4.62. The van der Waals surface area contributed by atoms with Crippen molar-refractivity contribution in [2.24, 2.45) is 0 Å². The van der Waals surface area contributed by atoms with E-state index in [1.54, 1.807) is 0 Å². The molecule has 3 rings (SSSR count). The summed E-state index contributed by atoms with van der Waals surface area (Å²) in [7, 11) is 0. The molecule has 2 aromatic rings. The number of carbonyl (C=O) groups is 1. The number of nitrogens with one attached hydrogen (secondary N) is 3. The zero-order chi connectivity index (χ0) is 13.1. The van der Waals surface area contributed by atoms with Gasteiger partial charge in [-0.25, -0.2) is 4.79 Å². The van der Waals surface area contributed by atoms with E-state index in [1.165, 1.54) is 0 Å². The molecule has 1 fully saturated rings. The highest BCUT2D eigenvalue weighted by Crippen LogP contribution is 2.15. The van der Waals surface area contributed by atoms with E-state index in [-0.39, 0.29) is 12.1 Å². The van der Waals surface area contributed by atoms with Crippen molar-refractivity contribution in [1.82, 2.24) is 20.6 Å². The molecule has 0 saturated carbocycles. The number of aromatic amines is 1. The van der Waals surface area contributed by atoms with Gasteiger partial charge in [0.15, 0.2) is 0 Å². The van der Waals surface area contributed by atoms with Crippen molar-refractivity contribution >= 4 is 17.1 Å². The topological polar surface area (TPSA) is 79.0 Å². The van der Waals surface area contributed by atoms with Gasteiger partial charge in [-0.2, -0.15) is 4.98 Å². The summed E-state index contributed by atoms with van der Waals surface area (Å²) >= 11 is 0. The number of aromatic nitrogens is 2. The van der Waals surface area contributed by atoms with Gasteiger partial charge in [-0.1, -0.05) is 12.1 Å². The van der Waals surface area contributed by atoms with Crippen LogP contribution < -0.4 is 15.4 Å². The fourth-order valence-corrected chi connectivity index (χ4v) is 2.23. The number of imidazole rings is 1. The van der Waals surface area contributed by atoms with E-state index in [1.807, 2.05) is 24.3 Å². The lowest BCUT2D eigenvalue weighted by Crippen LogP contribution is -2.43. The van der Waals surface area contributed by atoms with Gasteiger partial charge in [-0.05, 0) is 38.1 Å². The second kappa shape index (κ2) is 5.27. The molecule has 0 atom stereocenters. The predicted molar refractivity (Wildman–Crippen MR) is 71.1 cm³/mol. The van der Waals surface area contributed by atoms with E-state index in [4.69, 9.17) is 4.74 Å². The molecule has 0 unspecified atom stereocenters. The quantitative estimate of drug-likeness (QED) is 0.762. The van der Waals surface area contributed by atoms with E-state index < -0.39 is 6.09 Å². The van der Waals surface area contributed by atoms with Crippen LogP contribution in [0.3, 0.4) is 0 Å². The Kier molecular flexibility index (Phi) is 3.33. The molecule has 1 amide bonds. The van der Waals surface area contributed by atoms with Crippen LogP contribution in [-0.4, -0.2) is 35.2 Å². The van der Waals surface area contributed by atoms with Crippen LogP contribution in [0.4, 0.5) is 4.79 Å². The maximum Gasteiger partial charge on any atom is 0.415 e. The molecule has 6 nitrogen and oxygen atoms in total. The third-order valence-electron chi connectivity index (χ3n) is 3.22. The van der Waals surface area contributed by atoms with Crippen molar-refractivity contribution in [3.05, 3.63) is 24.3 Å². The molecule has 1 aliphatic rings. The molecule has 1 aromatic carbocycles. The maximum absolute atomic E-state index is 11.7. The van der Waals surface area contributed by atoms with Crippen molar-refractivity contribution < 1.29 is 9.53 Å². The second-order valence-electron chi connectivity index (χ2n) is 4.62. The molecule has 6 heteroatoms. The van der Waals surface area contributed by atoms with Crippen LogP contribution in [0.25, 0.3) is 11.0 Å². The zero-order valence-electron chi connectivity index (χ0n) is 10.5. The number of para-hydroxylation sites is 2. The Morgan fingerprint density at radius 1 is 1.32 bits per heavy atom. The highest BCUT2D eigenvalue weighted by Gasteiger charge is 2.17. The van der Waals surface area contributed by atoms with Crippen molar-refractivity contribution in [2.45, 2.75) is 18.9 Å². The van der Waals surface area contributed by atoms with E-state index in [2.05, 4.69) is 20.6 Å². The van der Waals surface area contributed by atoms with Crippen LogP contribution in [0.1, 0.15) is 12.8 Å². The number of hydrogen-bond donors (Lipinski definition) is 3. The lowest BCUT2D eigenvalue weighted by molar-refractivity contribution is 0.189. The van der Waals surface area contributed by atoms with E-state index in [0.29, 0.717) is 0 Å². The molecule has 100 valence electrons. The molecule has 1 saturated heterocycles. The van der Waals surface area contributed by atoms with E-state index in [0.717, 1.165) is 37.0 Å². The molecule has 2 heterocycles. The van der Waals surface area contributed by atoms with Crippen LogP contribution in [-0.2, 0) is 0 Å². The Bertz CT molecular complexity index is 542. The number of piperidine rings is 1. The Labute approximate surface area is 110 Å². The van der Waals surface area contributed by atoms with Crippen LogP contribution in [0, 0.1) is 0 Å². The Morgan fingerprint density at radius 3 is 2.89 bits per heavy atom. The van der Waals surface area contributed by atoms with Gasteiger partial charge in [0.1, 0.15) is 0 Å². The van der Waals surface area contributed by atoms with Gasteiger partial charge in [0, 0.05) is 6.04 Å². The summed E-state index contributed by atoms with van der Waals surface area (Å²) < 4.78 is 5.16. The number of nitrogens with zero attached hydrogens (tertiary/aromatic N) is 1. The normalized spacial score (nSPS) is 16.4. The number of rotatable bonds is 2.